The molecule has 3 rings (SSSR count). The molecule has 2 aromatic heterocycles. The predicted octanol–water partition coefficient (Wildman–Crippen LogP) is 4.02. The number of alkyl halides is 2. The third kappa shape index (κ3) is 3.38. The zero-order valence-corrected chi connectivity index (χ0v) is 13.5. The Hall–Kier alpha value is -2.48. The van der Waals surface area contributed by atoms with E-state index in [1.165, 1.54) is 24.2 Å². The van der Waals surface area contributed by atoms with E-state index in [0.717, 1.165) is 16.0 Å². The molecule has 2 heterocycles. The Bertz CT molecular complexity index is 813. The summed E-state index contributed by atoms with van der Waals surface area (Å²) in [6.45, 7) is 1.69. The largest absolute Gasteiger partial charge is 0.319 e. The molecule has 0 aliphatic carbocycles. The number of hydrogen-bond donors (Lipinski definition) is 0. The van der Waals surface area contributed by atoms with Crippen molar-refractivity contribution in [1.82, 2.24) is 24.3 Å². The molecule has 5 nitrogen and oxygen atoms in total. The third-order valence-electron chi connectivity index (χ3n) is 3.35. The summed E-state index contributed by atoms with van der Waals surface area (Å²) in [5.41, 5.74) is 0.938. The molecule has 0 saturated heterocycles. The SMILES string of the molecule is C=CCn1c(SCc2nccn2C(F)F)nnc1-c1ccccc1. The summed E-state index contributed by atoms with van der Waals surface area (Å²) >= 11 is 1.32. The van der Waals surface area contributed by atoms with Gasteiger partial charge in [0.1, 0.15) is 5.82 Å². The number of allylic oxidation sites excluding steroid dienone is 1. The average Bonchev–Trinajstić information content (AvgIpc) is 3.21. The standard InChI is InChI=1S/C16H15F2N5S/c1-2-9-23-14(12-6-4-3-5-7-12)20-21-16(23)24-11-13-19-8-10-22(13)15(17)18/h2-8,10,15H,1,9,11H2. The van der Waals surface area contributed by atoms with Gasteiger partial charge in [-0.2, -0.15) is 8.78 Å². The molecule has 0 aliphatic rings. The zero-order valence-electron chi connectivity index (χ0n) is 12.7. The van der Waals surface area contributed by atoms with E-state index < -0.39 is 6.55 Å². The highest BCUT2D eigenvalue weighted by atomic mass is 32.2. The normalized spacial score (nSPS) is 11.1. The van der Waals surface area contributed by atoms with Crippen molar-refractivity contribution in [2.24, 2.45) is 0 Å². The topological polar surface area (TPSA) is 48.5 Å². The van der Waals surface area contributed by atoms with Gasteiger partial charge in [0.25, 0.3) is 0 Å². The number of imidazole rings is 1. The molecule has 0 unspecified atom stereocenters. The van der Waals surface area contributed by atoms with Crippen molar-refractivity contribution in [3.05, 3.63) is 61.2 Å². The van der Waals surface area contributed by atoms with Crippen molar-refractivity contribution in [3.8, 4) is 11.4 Å². The van der Waals surface area contributed by atoms with Crippen molar-refractivity contribution < 1.29 is 8.78 Å². The highest BCUT2D eigenvalue weighted by molar-refractivity contribution is 7.98. The molecule has 0 bridgehead atoms. The summed E-state index contributed by atoms with van der Waals surface area (Å²) in [6.07, 6.45) is 4.39. The van der Waals surface area contributed by atoms with Gasteiger partial charge in [-0.25, -0.2) is 4.98 Å². The van der Waals surface area contributed by atoms with Gasteiger partial charge in [-0.05, 0) is 0 Å². The molecule has 124 valence electrons. The van der Waals surface area contributed by atoms with Gasteiger partial charge < -0.3 is 0 Å². The fourth-order valence-electron chi connectivity index (χ4n) is 2.25. The second-order valence-electron chi connectivity index (χ2n) is 4.89. The van der Waals surface area contributed by atoms with Gasteiger partial charge in [-0.1, -0.05) is 48.2 Å². The first-order valence-electron chi connectivity index (χ1n) is 7.23. The highest BCUT2D eigenvalue weighted by Crippen LogP contribution is 2.27. The van der Waals surface area contributed by atoms with Gasteiger partial charge >= 0.3 is 6.55 Å². The fourth-order valence-corrected chi connectivity index (χ4v) is 3.15. The van der Waals surface area contributed by atoms with Gasteiger partial charge in [-0.15, -0.1) is 16.8 Å². The van der Waals surface area contributed by atoms with Crippen LogP contribution < -0.4 is 0 Å². The quantitative estimate of drug-likeness (QED) is 0.478. The molecule has 0 atom stereocenters. The molecular formula is C16H15F2N5S. The zero-order chi connectivity index (χ0) is 16.9. The summed E-state index contributed by atoms with van der Waals surface area (Å²) in [5.74, 6) is 1.29. The Morgan fingerprint density at radius 2 is 2.00 bits per heavy atom. The second kappa shape index (κ2) is 7.39. The van der Waals surface area contributed by atoms with E-state index in [0.29, 0.717) is 17.5 Å². The van der Waals surface area contributed by atoms with Crippen LogP contribution in [-0.2, 0) is 12.3 Å². The Morgan fingerprint density at radius 3 is 2.71 bits per heavy atom. The van der Waals surface area contributed by atoms with Crippen LogP contribution in [0.15, 0.2) is 60.5 Å². The van der Waals surface area contributed by atoms with Crippen LogP contribution in [0.2, 0.25) is 0 Å². The van der Waals surface area contributed by atoms with Crippen molar-refractivity contribution >= 4 is 11.8 Å². The van der Waals surface area contributed by atoms with Crippen LogP contribution in [0.3, 0.4) is 0 Å². The van der Waals surface area contributed by atoms with E-state index in [1.807, 2.05) is 34.9 Å². The van der Waals surface area contributed by atoms with Crippen LogP contribution in [0.1, 0.15) is 12.4 Å². The molecule has 0 amide bonds. The van der Waals surface area contributed by atoms with Gasteiger partial charge in [0, 0.05) is 24.5 Å². The summed E-state index contributed by atoms with van der Waals surface area (Å²) in [4.78, 5) is 3.98. The first kappa shape index (κ1) is 16.4. The van der Waals surface area contributed by atoms with Crippen LogP contribution in [-0.4, -0.2) is 24.3 Å². The molecule has 24 heavy (non-hydrogen) atoms. The maximum Gasteiger partial charge on any atom is 0.319 e. The molecule has 8 heteroatoms. The minimum absolute atomic E-state index is 0.279. The molecule has 0 saturated carbocycles. The number of thioether (sulfide) groups is 1. The monoisotopic (exact) mass is 347 g/mol. The van der Waals surface area contributed by atoms with E-state index in [2.05, 4.69) is 21.8 Å². The average molecular weight is 347 g/mol. The van der Waals surface area contributed by atoms with Crippen LogP contribution in [0, 0.1) is 0 Å². The van der Waals surface area contributed by atoms with E-state index in [4.69, 9.17) is 0 Å². The molecule has 3 aromatic rings. The molecule has 0 fully saturated rings. The molecule has 1 aromatic carbocycles. The molecule has 0 spiro atoms. The lowest BCUT2D eigenvalue weighted by Gasteiger charge is -2.08. The summed E-state index contributed by atoms with van der Waals surface area (Å²) < 4.78 is 28.5. The van der Waals surface area contributed by atoms with Crippen LogP contribution in [0.5, 0.6) is 0 Å². The van der Waals surface area contributed by atoms with Crippen LogP contribution >= 0.6 is 11.8 Å². The number of hydrogen-bond acceptors (Lipinski definition) is 4. The maximum absolute atomic E-state index is 12.9. The van der Waals surface area contributed by atoms with Crippen LogP contribution in [0.4, 0.5) is 8.78 Å². The summed E-state index contributed by atoms with van der Waals surface area (Å²) in [5, 5.41) is 9.06. The lowest BCUT2D eigenvalue weighted by atomic mass is 10.2. The minimum atomic E-state index is -2.60. The highest BCUT2D eigenvalue weighted by Gasteiger charge is 2.16. The summed E-state index contributed by atoms with van der Waals surface area (Å²) in [6, 6.07) is 9.67. The van der Waals surface area contributed by atoms with E-state index in [1.54, 1.807) is 6.08 Å². The number of rotatable bonds is 7. The molecular weight excluding hydrogens is 332 g/mol. The first-order chi connectivity index (χ1) is 11.7. The molecule has 0 N–H and O–H groups in total. The molecule has 0 aliphatic heterocycles. The van der Waals surface area contributed by atoms with Crippen molar-refractivity contribution in [2.45, 2.75) is 24.0 Å². The van der Waals surface area contributed by atoms with E-state index >= 15 is 0 Å². The van der Waals surface area contributed by atoms with Gasteiger partial charge in [0.2, 0.25) is 0 Å². The predicted molar refractivity (Wildman–Crippen MR) is 88.7 cm³/mol. The second-order valence-corrected chi connectivity index (χ2v) is 5.83. The van der Waals surface area contributed by atoms with Crippen molar-refractivity contribution in [3.63, 3.8) is 0 Å². The van der Waals surface area contributed by atoms with Gasteiger partial charge in [0.15, 0.2) is 11.0 Å². The fraction of sp³-hybridized carbons (Fsp3) is 0.188. The molecule has 0 radical (unpaired) electrons. The van der Waals surface area contributed by atoms with E-state index in [-0.39, 0.29) is 5.75 Å². The van der Waals surface area contributed by atoms with Crippen molar-refractivity contribution in [2.75, 3.05) is 0 Å². The number of aromatic nitrogens is 5. The Labute approximate surface area is 142 Å². The number of benzene rings is 1. The Kier molecular flexibility index (Phi) is 5.05. The minimum Gasteiger partial charge on any atom is -0.298 e. The van der Waals surface area contributed by atoms with Gasteiger partial charge in [0.05, 0.1) is 5.75 Å². The van der Waals surface area contributed by atoms with E-state index in [9.17, 15) is 8.78 Å². The van der Waals surface area contributed by atoms with Crippen LogP contribution in [0.25, 0.3) is 11.4 Å². The Morgan fingerprint density at radius 1 is 1.21 bits per heavy atom. The number of halogens is 2. The smallest absolute Gasteiger partial charge is 0.298 e. The van der Waals surface area contributed by atoms with Crippen molar-refractivity contribution in [1.29, 1.82) is 0 Å². The maximum atomic E-state index is 12.9. The number of nitrogens with zero attached hydrogens (tertiary/aromatic N) is 5. The Balaban J connectivity index is 1.84. The van der Waals surface area contributed by atoms with Gasteiger partial charge in [-0.3, -0.25) is 9.13 Å². The first-order valence-corrected chi connectivity index (χ1v) is 8.21. The lowest BCUT2D eigenvalue weighted by molar-refractivity contribution is 0.0678. The third-order valence-corrected chi connectivity index (χ3v) is 4.31. The lowest BCUT2D eigenvalue weighted by Crippen LogP contribution is -2.04. The summed E-state index contributed by atoms with van der Waals surface area (Å²) in [7, 11) is 0.